The maximum Gasteiger partial charge on any atom is 0.416 e. The molecule has 0 spiro atoms. The average molecular weight is 316 g/mol. The summed E-state index contributed by atoms with van der Waals surface area (Å²) < 4.78 is 63.1. The van der Waals surface area contributed by atoms with E-state index in [1.54, 1.807) is 0 Å². The van der Waals surface area contributed by atoms with Crippen LogP contribution < -0.4 is 4.72 Å². The Kier molecular flexibility index (Phi) is 5.64. The number of hydrogen-bond acceptors (Lipinski definition) is 2. The molecular formula is C11H13ClF3NO2S. The largest absolute Gasteiger partial charge is 0.416 e. The van der Waals surface area contributed by atoms with Crippen LogP contribution in [0.2, 0.25) is 0 Å². The molecule has 0 radical (unpaired) electrons. The van der Waals surface area contributed by atoms with Crippen molar-refractivity contribution in [2.24, 2.45) is 0 Å². The lowest BCUT2D eigenvalue weighted by atomic mass is 10.1. The molecule has 0 amide bonds. The number of halogens is 4. The first kappa shape index (κ1) is 16.3. The summed E-state index contributed by atoms with van der Waals surface area (Å²) in [4.78, 5) is 0. The normalized spacial score (nSPS) is 12.6. The summed E-state index contributed by atoms with van der Waals surface area (Å²) in [5, 5.41) is 0. The molecule has 0 aromatic heterocycles. The SMILES string of the molecule is O=S(=O)(CCCCl)NCc1ccccc1C(F)(F)F. The zero-order chi connectivity index (χ0) is 14.5. The number of alkyl halides is 4. The van der Waals surface area contributed by atoms with Crippen molar-refractivity contribution < 1.29 is 21.6 Å². The highest BCUT2D eigenvalue weighted by atomic mass is 35.5. The highest BCUT2D eigenvalue weighted by molar-refractivity contribution is 7.89. The van der Waals surface area contributed by atoms with Gasteiger partial charge in [0.25, 0.3) is 0 Å². The third-order valence-electron chi connectivity index (χ3n) is 2.35. The van der Waals surface area contributed by atoms with Gasteiger partial charge < -0.3 is 0 Å². The minimum atomic E-state index is -4.50. The first-order chi connectivity index (χ1) is 8.76. The molecule has 8 heteroatoms. The Morgan fingerprint density at radius 3 is 2.42 bits per heavy atom. The monoisotopic (exact) mass is 315 g/mol. The standard InChI is InChI=1S/C11H13ClF3NO2S/c12-6-3-7-19(17,18)16-8-9-4-1-2-5-10(9)11(13,14)15/h1-2,4-5,16H,3,6-8H2. The maximum absolute atomic E-state index is 12.7. The molecule has 0 saturated heterocycles. The Morgan fingerprint density at radius 2 is 1.84 bits per heavy atom. The maximum atomic E-state index is 12.7. The fourth-order valence-electron chi connectivity index (χ4n) is 1.46. The molecule has 0 heterocycles. The number of nitrogens with one attached hydrogen (secondary N) is 1. The number of benzene rings is 1. The van der Waals surface area contributed by atoms with Crippen molar-refractivity contribution >= 4 is 21.6 Å². The molecule has 0 saturated carbocycles. The van der Waals surface area contributed by atoms with Gasteiger partial charge in [-0.2, -0.15) is 13.2 Å². The van der Waals surface area contributed by atoms with Crippen molar-refractivity contribution in [2.45, 2.75) is 19.1 Å². The van der Waals surface area contributed by atoms with Gasteiger partial charge in [-0.1, -0.05) is 18.2 Å². The van der Waals surface area contributed by atoms with Gasteiger partial charge in [-0.05, 0) is 18.1 Å². The van der Waals surface area contributed by atoms with Gasteiger partial charge in [0.15, 0.2) is 0 Å². The highest BCUT2D eigenvalue weighted by Crippen LogP contribution is 2.31. The van der Waals surface area contributed by atoms with Crippen LogP contribution in [0.1, 0.15) is 17.5 Å². The van der Waals surface area contributed by atoms with Crippen LogP contribution in [-0.4, -0.2) is 20.1 Å². The molecule has 0 aliphatic rings. The third-order valence-corrected chi connectivity index (χ3v) is 4.03. The van der Waals surface area contributed by atoms with Gasteiger partial charge in [0.1, 0.15) is 0 Å². The van der Waals surface area contributed by atoms with Gasteiger partial charge in [0.05, 0.1) is 11.3 Å². The minimum Gasteiger partial charge on any atom is -0.212 e. The third kappa shape index (κ3) is 5.38. The summed E-state index contributed by atoms with van der Waals surface area (Å²) in [7, 11) is -3.61. The Bertz CT molecular complexity index is 517. The van der Waals surface area contributed by atoms with E-state index in [1.807, 2.05) is 0 Å². The molecule has 108 valence electrons. The van der Waals surface area contributed by atoms with Gasteiger partial charge in [-0.25, -0.2) is 13.1 Å². The molecule has 0 unspecified atom stereocenters. The van der Waals surface area contributed by atoms with Crippen LogP contribution >= 0.6 is 11.6 Å². The molecule has 0 aliphatic heterocycles. The topological polar surface area (TPSA) is 46.2 Å². The Morgan fingerprint density at radius 1 is 1.21 bits per heavy atom. The summed E-state index contributed by atoms with van der Waals surface area (Å²) in [6, 6.07) is 4.85. The molecule has 0 bridgehead atoms. The highest BCUT2D eigenvalue weighted by Gasteiger charge is 2.32. The molecule has 0 aliphatic carbocycles. The van der Waals surface area contributed by atoms with E-state index in [4.69, 9.17) is 11.6 Å². The lowest BCUT2D eigenvalue weighted by molar-refractivity contribution is -0.138. The van der Waals surface area contributed by atoms with Gasteiger partial charge in [-0.3, -0.25) is 0 Å². The van der Waals surface area contributed by atoms with Crippen LogP contribution in [0.3, 0.4) is 0 Å². The summed E-state index contributed by atoms with van der Waals surface area (Å²) in [5.74, 6) is -0.0231. The molecule has 0 atom stereocenters. The van der Waals surface area contributed by atoms with E-state index < -0.39 is 21.8 Å². The number of sulfonamides is 1. The fraction of sp³-hybridized carbons (Fsp3) is 0.455. The van der Waals surface area contributed by atoms with Crippen molar-refractivity contribution in [3.05, 3.63) is 35.4 Å². The Labute approximate surface area is 114 Å². The number of rotatable bonds is 6. The molecule has 1 aromatic carbocycles. The van der Waals surface area contributed by atoms with Crippen LogP contribution in [0.15, 0.2) is 24.3 Å². The van der Waals surface area contributed by atoms with Crippen LogP contribution in [0.25, 0.3) is 0 Å². The van der Waals surface area contributed by atoms with Crippen LogP contribution in [0.5, 0.6) is 0 Å². The van der Waals surface area contributed by atoms with E-state index in [1.165, 1.54) is 18.2 Å². The zero-order valence-electron chi connectivity index (χ0n) is 9.87. The quantitative estimate of drug-likeness (QED) is 0.821. The van der Waals surface area contributed by atoms with E-state index in [2.05, 4.69) is 4.72 Å². The second kappa shape index (κ2) is 6.58. The zero-order valence-corrected chi connectivity index (χ0v) is 11.4. The van der Waals surface area contributed by atoms with E-state index >= 15 is 0 Å². The molecule has 1 N–H and O–H groups in total. The van der Waals surface area contributed by atoms with Crippen molar-refractivity contribution in [3.63, 3.8) is 0 Å². The first-order valence-corrected chi connectivity index (χ1v) is 7.63. The fourth-order valence-corrected chi connectivity index (χ4v) is 2.79. The lowest BCUT2D eigenvalue weighted by Gasteiger charge is -2.13. The molecule has 1 rings (SSSR count). The average Bonchev–Trinajstić information content (AvgIpc) is 2.33. The molecule has 19 heavy (non-hydrogen) atoms. The smallest absolute Gasteiger partial charge is 0.212 e. The summed E-state index contributed by atoms with van der Waals surface area (Å²) >= 11 is 5.37. The van der Waals surface area contributed by atoms with E-state index in [0.717, 1.165) is 6.07 Å². The van der Waals surface area contributed by atoms with Gasteiger partial charge in [0.2, 0.25) is 10.0 Å². The minimum absolute atomic E-state index is 0.107. The van der Waals surface area contributed by atoms with Crippen molar-refractivity contribution in [1.29, 1.82) is 0 Å². The van der Waals surface area contributed by atoms with Crippen LogP contribution in [0.4, 0.5) is 13.2 Å². The van der Waals surface area contributed by atoms with Crippen molar-refractivity contribution in [3.8, 4) is 0 Å². The summed E-state index contributed by atoms with van der Waals surface area (Å²) in [6.45, 7) is -0.389. The second-order valence-corrected chi connectivity index (χ2v) is 6.14. The molecular weight excluding hydrogens is 303 g/mol. The summed E-state index contributed by atoms with van der Waals surface area (Å²) in [6.07, 6.45) is -4.25. The van der Waals surface area contributed by atoms with E-state index in [0.29, 0.717) is 0 Å². The van der Waals surface area contributed by atoms with Gasteiger partial charge in [0, 0.05) is 12.4 Å². The predicted octanol–water partition coefficient (Wildman–Crippen LogP) is 2.75. The molecule has 3 nitrogen and oxygen atoms in total. The molecule has 1 aromatic rings. The molecule has 0 fully saturated rings. The van der Waals surface area contributed by atoms with Crippen molar-refractivity contribution in [2.75, 3.05) is 11.6 Å². The van der Waals surface area contributed by atoms with E-state index in [-0.39, 0.29) is 30.2 Å². The number of hydrogen-bond donors (Lipinski definition) is 1. The van der Waals surface area contributed by atoms with Crippen molar-refractivity contribution in [1.82, 2.24) is 4.72 Å². The first-order valence-electron chi connectivity index (χ1n) is 5.44. The summed E-state index contributed by atoms with van der Waals surface area (Å²) in [5.41, 5.74) is -0.945. The van der Waals surface area contributed by atoms with Gasteiger partial charge in [-0.15, -0.1) is 11.6 Å². The Hall–Kier alpha value is -0.790. The Balaban J connectivity index is 2.79. The second-order valence-electron chi connectivity index (χ2n) is 3.84. The van der Waals surface area contributed by atoms with E-state index in [9.17, 15) is 21.6 Å². The van der Waals surface area contributed by atoms with Crippen LogP contribution in [0, 0.1) is 0 Å². The van der Waals surface area contributed by atoms with Gasteiger partial charge >= 0.3 is 6.18 Å². The lowest BCUT2D eigenvalue weighted by Crippen LogP contribution is -2.27. The van der Waals surface area contributed by atoms with Crippen LogP contribution in [-0.2, 0) is 22.7 Å². The predicted molar refractivity (Wildman–Crippen MR) is 67.4 cm³/mol.